The van der Waals surface area contributed by atoms with E-state index in [0.29, 0.717) is 6.61 Å². The molecule has 0 fully saturated rings. The van der Waals surface area contributed by atoms with Crippen molar-refractivity contribution in [1.82, 2.24) is 5.32 Å². The fourth-order valence-corrected chi connectivity index (χ4v) is 1.93. The van der Waals surface area contributed by atoms with Crippen molar-refractivity contribution in [3.8, 4) is 5.75 Å². The number of nitrogens with one attached hydrogen (secondary N) is 1. The lowest BCUT2D eigenvalue weighted by atomic mass is 10.0. The summed E-state index contributed by atoms with van der Waals surface area (Å²) in [5, 5.41) is 3.45. The van der Waals surface area contributed by atoms with Crippen LogP contribution in [0.5, 0.6) is 5.75 Å². The highest BCUT2D eigenvalue weighted by atomic mass is 16.5. The number of methoxy groups -OCH3 is 1. The largest absolute Gasteiger partial charge is 0.496 e. The highest BCUT2D eigenvalue weighted by Crippen LogP contribution is 2.23. The Bertz CT molecular complexity index is 364. The summed E-state index contributed by atoms with van der Waals surface area (Å²) >= 11 is 0. The number of likely N-dealkylation sites (N-methyl/N-ethyl adjacent to an activating group) is 1. The monoisotopic (exact) mass is 251 g/mol. The Kier molecular flexibility index (Phi) is 6.16. The summed E-state index contributed by atoms with van der Waals surface area (Å²) in [4.78, 5) is 0. The third kappa shape index (κ3) is 4.31. The van der Waals surface area contributed by atoms with Crippen LogP contribution in [0.2, 0.25) is 0 Å². The van der Waals surface area contributed by atoms with E-state index in [2.05, 4.69) is 45.1 Å². The number of benzene rings is 1. The molecule has 1 N–H and O–H groups in total. The fraction of sp³-hybridized carbons (Fsp3) is 0.600. The first-order valence-corrected chi connectivity index (χ1v) is 6.58. The van der Waals surface area contributed by atoms with Gasteiger partial charge in [0, 0.05) is 0 Å². The zero-order valence-electron chi connectivity index (χ0n) is 12.1. The van der Waals surface area contributed by atoms with Gasteiger partial charge in [-0.2, -0.15) is 0 Å². The van der Waals surface area contributed by atoms with Crippen LogP contribution < -0.4 is 10.1 Å². The number of ether oxygens (including phenoxy) is 2. The number of aryl methyl sites for hydroxylation is 1. The maximum Gasteiger partial charge on any atom is 0.121 e. The topological polar surface area (TPSA) is 30.5 Å². The molecule has 0 aliphatic carbocycles. The van der Waals surface area contributed by atoms with Crippen LogP contribution in [0.15, 0.2) is 18.2 Å². The van der Waals surface area contributed by atoms with Gasteiger partial charge in [-0.25, -0.2) is 0 Å². The first-order chi connectivity index (χ1) is 8.58. The summed E-state index contributed by atoms with van der Waals surface area (Å²) in [6.07, 6.45) is 0.255. The van der Waals surface area contributed by atoms with Crippen molar-refractivity contribution >= 4 is 0 Å². The van der Waals surface area contributed by atoms with Crippen LogP contribution in [0.1, 0.15) is 37.9 Å². The molecule has 0 aromatic heterocycles. The molecule has 0 aliphatic heterocycles. The molecule has 102 valence electrons. The minimum atomic E-state index is 0.238. The van der Waals surface area contributed by atoms with Crippen LogP contribution in [-0.2, 0) is 4.74 Å². The Morgan fingerprint density at radius 1 is 1.28 bits per heavy atom. The molecule has 0 bridgehead atoms. The zero-order chi connectivity index (χ0) is 13.5. The second-order valence-electron chi connectivity index (χ2n) is 4.72. The van der Waals surface area contributed by atoms with E-state index in [-0.39, 0.29) is 12.1 Å². The smallest absolute Gasteiger partial charge is 0.121 e. The summed E-state index contributed by atoms with van der Waals surface area (Å²) in [7, 11) is 1.70. The minimum absolute atomic E-state index is 0.238. The highest BCUT2D eigenvalue weighted by molar-refractivity contribution is 5.37. The molecule has 1 rings (SSSR count). The fourth-order valence-electron chi connectivity index (χ4n) is 1.93. The van der Waals surface area contributed by atoms with Crippen molar-refractivity contribution in [2.75, 3.05) is 20.3 Å². The highest BCUT2D eigenvalue weighted by Gasteiger charge is 2.12. The minimum Gasteiger partial charge on any atom is -0.496 e. The molecule has 0 spiro atoms. The van der Waals surface area contributed by atoms with Gasteiger partial charge in [0.25, 0.3) is 0 Å². The van der Waals surface area contributed by atoms with E-state index in [0.717, 1.165) is 17.9 Å². The standard InChI is InChI=1S/C15H25NO2/c1-6-16-14(10-18-11(2)3)13-7-8-15(17-5)12(4)9-13/h7-9,11,14,16H,6,10H2,1-5H3. The molecule has 1 aromatic rings. The molecular weight excluding hydrogens is 226 g/mol. The van der Waals surface area contributed by atoms with Crippen LogP contribution in [0.3, 0.4) is 0 Å². The average molecular weight is 251 g/mol. The third-order valence-corrected chi connectivity index (χ3v) is 2.87. The first kappa shape index (κ1) is 15.0. The lowest BCUT2D eigenvalue weighted by molar-refractivity contribution is 0.0614. The van der Waals surface area contributed by atoms with Crippen LogP contribution in [-0.4, -0.2) is 26.4 Å². The van der Waals surface area contributed by atoms with Crippen molar-refractivity contribution in [2.45, 2.75) is 39.8 Å². The molecule has 0 radical (unpaired) electrons. The summed E-state index contributed by atoms with van der Waals surface area (Å²) in [6, 6.07) is 6.52. The van der Waals surface area contributed by atoms with Crippen molar-refractivity contribution in [3.63, 3.8) is 0 Å². The van der Waals surface area contributed by atoms with Gasteiger partial charge in [0.1, 0.15) is 5.75 Å². The molecule has 18 heavy (non-hydrogen) atoms. The Morgan fingerprint density at radius 3 is 2.50 bits per heavy atom. The molecule has 0 amide bonds. The number of rotatable bonds is 7. The molecule has 0 saturated carbocycles. The molecule has 1 aromatic carbocycles. The van der Waals surface area contributed by atoms with E-state index in [1.165, 1.54) is 5.56 Å². The van der Waals surface area contributed by atoms with Crippen molar-refractivity contribution in [3.05, 3.63) is 29.3 Å². The predicted molar refractivity (Wildman–Crippen MR) is 75.2 cm³/mol. The van der Waals surface area contributed by atoms with Gasteiger partial charge in [-0.05, 0) is 44.5 Å². The maximum absolute atomic E-state index is 5.71. The van der Waals surface area contributed by atoms with Gasteiger partial charge in [0.05, 0.1) is 25.9 Å². The summed E-state index contributed by atoms with van der Waals surface area (Å²) < 4.78 is 11.0. The van der Waals surface area contributed by atoms with Crippen LogP contribution in [0.25, 0.3) is 0 Å². The molecule has 0 aliphatic rings. The van der Waals surface area contributed by atoms with Crippen molar-refractivity contribution in [1.29, 1.82) is 0 Å². The van der Waals surface area contributed by atoms with E-state index in [1.54, 1.807) is 7.11 Å². The zero-order valence-corrected chi connectivity index (χ0v) is 12.1. The van der Waals surface area contributed by atoms with Gasteiger partial charge in [0.2, 0.25) is 0 Å². The lowest BCUT2D eigenvalue weighted by Gasteiger charge is -2.21. The number of hydrogen-bond donors (Lipinski definition) is 1. The summed E-state index contributed by atoms with van der Waals surface area (Å²) in [6.45, 7) is 9.91. The van der Waals surface area contributed by atoms with E-state index >= 15 is 0 Å². The molecule has 3 heteroatoms. The van der Waals surface area contributed by atoms with Crippen LogP contribution in [0, 0.1) is 6.92 Å². The lowest BCUT2D eigenvalue weighted by Crippen LogP contribution is -2.26. The quantitative estimate of drug-likeness (QED) is 0.808. The van der Waals surface area contributed by atoms with E-state index < -0.39 is 0 Å². The Labute approximate surface area is 110 Å². The van der Waals surface area contributed by atoms with Gasteiger partial charge >= 0.3 is 0 Å². The van der Waals surface area contributed by atoms with Gasteiger partial charge in [0.15, 0.2) is 0 Å². The Morgan fingerprint density at radius 2 is 2.00 bits per heavy atom. The van der Waals surface area contributed by atoms with Gasteiger partial charge < -0.3 is 14.8 Å². The average Bonchev–Trinajstić information content (AvgIpc) is 2.34. The first-order valence-electron chi connectivity index (χ1n) is 6.58. The molecular formula is C15H25NO2. The second kappa shape index (κ2) is 7.39. The normalized spacial score (nSPS) is 12.8. The number of hydrogen-bond acceptors (Lipinski definition) is 3. The van der Waals surface area contributed by atoms with E-state index in [4.69, 9.17) is 9.47 Å². The molecule has 3 nitrogen and oxygen atoms in total. The van der Waals surface area contributed by atoms with E-state index in [1.807, 2.05) is 6.07 Å². The molecule has 0 heterocycles. The van der Waals surface area contributed by atoms with E-state index in [9.17, 15) is 0 Å². The second-order valence-corrected chi connectivity index (χ2v) is 4.72. The maximum atomic E-state index is 5.71. The van der Waals surface area contributed by atoms with Crippen molar-refractivity contribution < 1.29 is 9.47 Å². The van der Waals surface area contributed by atoms with Crippen LogP contribution >= 0.6 is 0 Å². The Hall–Kier alpha value is -1.06. The molecule has 0 saturated heterocycles. The SMILES string of the molecule is CCNC(COC(C)C)c1ccc(OC)c(C)c1. The van der Waals surface area contributed by atoms with Gasteiger partial charge in [-0.3, -0.25) is 0 Å². The molecule has 1 atom stereocenters. The third-order valence-electron chi connectivity index (χ3n) is 2.87. The van der Waals surface area contributed by atoms with Crippen LogP contribution in [0.4, 0.5) is 0 Å². The Balaban J connectivity index is 2.81. The molecule has 1 unspecified atom stereocenters. The van der Waals surface area contributed by atoms with Gasteiger partial charge in [-0.1, -0.05) is 19.1 Å². The summed E-state index contributed by atoms with van der Waals surface area (Å²) in [5.74, 6) is 0.929. The summed E-state index contributed by atoms with van der Waals surface area (Å²) in [5.41, 5.74) is 2.40. The predicted octanol–water partition coefficient (Wildman–Crippen LogP) is 3.08. The van der Waals surface area contributed by atoms with Crippen molar-refractivity contribution in [2.24, 2.45) is 0 Å². The van der Waals surface area contributed by atoms with Gasteiger partial charge in [-0.15, -0.1) is 0 Å².